The van der Waals surface area contributed by atoms with E-state index >= 15 is 0 Å². The zero-order chi connectivity index (χ0) is 13.9. The Bertz CT molecular complexity index is 270. The van der Waals surface area contributed by atoms with Gasteiger partial charge in [-0.2, -0.15) is 0 Å². The molecule has 112 valence electrons. The van der Waals surface area contributed by atoms with Gasteiger partial charge in [0.15, 0.2) is 0 Å². The van der Waals surface area contributed by atoms with Crippen LogP contribution in [-0.2, 0) is 4.74 Å². The molecule has 2 nitrogen and oxygen atoms in total. The summed E-state index contributed by atoms with van der Waals surface area (Å²) in [6.07, 6.45) is 8.45. The molecule has 1 saturated carbocycles. The van der Waals surface area contributed by atoms with E-state index in [0.29, 0.717) is 17.6 Å². The molecule has 0 radical (unpaired) electrons. The summed E-state index contributed by atoms with van der Waals surface area (Å²) in [4.78, 5) is 0. The maximum absolute atomic E-state index is 5.88. The Hall–Kier alpha value is -0.0800. The van der Waals surface area contributed by atoms with Crippen LogP contribution in [-0.4, -0.2) is 25.3 Å². The van der Waals surface area contributed by atoms with Gasteiger partial charge in [0.1, 0.15) is 0 Å². The summed E-state index contributed by atoms with van der Waals surface area (Å²) in [7, 11) is 0. The number of ether oxygens (including phenoxy) is 1. The van der Waals surface area contributed by atoms with Crippen LogP contribution in [0.4, 0.5) is 0 Å². The maximum Gasteiger partial charge on any atom is 0.0581 e. The third kappa shape index (κ3) is 3.95. The van der Waals surface area contributed by atoms with Crippen molar-refractivity contribution >= 4 is 0 Å². The van der Waals surface area contributed by atoms with E-state index in [9.17, 15) is 0 Å². The molecule has 2 heteroatoms. The molecular formula is C17H33NO. The fourth-order valence-electron chi connectivity index (χ4n) is 4.35. The maximum atomic E-state index is 5.88. The van der Waals surface area contributed by atoms with Crippen LogP contribution in [0.25, 0.3) is 0 Å². The van der Waals surface area contributed by atoms with Crippen LogP contribution in [0.15, 0.2) is 0 Å². The van der Waals surface area contributed by atoms with Crippen LogP contribution in [0, 0.1) is 17.3 Å². The van der Waals surface area contributed by atoms with Crippen molar-refractivity contribution in [1.29, 1.82) is 0 Å². The molecule has 2 fully saturated rings. The van der Waals surface area contributed by atoms with Gasteiger partial charge in [-0.15, -0.1) is 0 Å². The van der Waals surface area contributed by atoms with Gasteiger partial charge >= 0.3 is 0 Å². The zero-order valence-electron chi connectivity index (χ0n) is 13.4. The second-order valence-corrected chi connectivity index (χ2v) is 7.52. The molecule has 1 aliphatic carbocycles. The predicted octanol–water partition coefficient (Wildman–Crippen LogP) is 4.00. The molecular weight excluding hydrogens is 234 g/mol. The molecule has 4 atom stereocenters. The van der Waals surface area contributed by atoms with Gasteiger partial charge in [0.2, 0.25) is 0 Å². The SMILES string of the molecule is CCNC1CC(C)CCC1C(C)(C)CC1CCCO1. The largest absolute Gasteiger partial charge is 0.378 e. The van der Waals surface area contributed by atoms with Gasteiger partial charge in [0.05, 0.1) is 6.10 Å². The molecule has 1 aliphatic heterocycles. The first-order chi connectivity index (χ1) is 9.03. The summed E-state index contributed by atoms with van der Waals surface area (Å²) >= 11 is 0. The Balaban J connectivity index is 1.98. The first-order valence-corrected chi connectivity index (χ1v) is 8.38. The van der Waals surface area contributed by atoms with E-state index in [-0.39, 0.29) is 0 Å². The summed E-state index contributed by atoms with van der Waals surface area (Å²) in [6, 6.07) is 0.713. The molecule has 0 aromatic rings. The molecule has 0 spiro atoms. The average molecular weight is 267 g/mol. The van der Waals surface area contributed by atoms with Crippen LogP contribution in [0.1, 0.15) is 66.2 Å². The smallest absolute Gasteiger partial charge is 0.0581 e. The van der Waals surface area contributed by atoms with Crippen LogP contribution < -0.4 is 5.32 Å². The minimum atomic E-state index is 0.405. The van der Waals surface area contributed by atoms with Gasteiger partial charge in [0, 0.05) is 12.6 Å². The van der Waals surface area contributed by atoms with Gasteiger partial charge in [-0.05, 0) is 55.9 Å². The second-order valence-electron chi connectivity index (χ2n) is 7.52. The molecule has 1 N–H and O–H groups in total. The van der Waals surface area contributed by atoms with Crippen LogP contribution in [0.3, 0.4) is 0 Å². The van der Waals surface area contributed by atoms with E-state index in [0.717, 1.165) is 25.0 Å². The third-order valence-corrected chi connectivity index (χ3v) is 5.36. The Kier molecular flexibility index (Phi) is 5.30. The minimum Gasteiger partial charge on any atom is -0.378 e. The molecule has 0 amide bonds. The quantitative estimate of drug-likeness (QED) is 0.813. The fourth-order valence-corrected chi connectivity index (χ4v) is 4.35. The normalized spacial score (nSPS) is 36.6. The van der Waals surface area contributed by atoms with E-state index in [1.54, 1.807) is 0 Å². The van der Waals surface area contributed by atoms with Crippen molar-refractivity contribution in [2.45, 2.75) is 78.4 Å². The lowest BCUT2D eigenvalue weighted by atomic mass is 9.64. The van der Waals surface area contributed by atoms with Crippen LogP contribution in [0.5, 0.6) is 0 Å². The fraction of sp³-hybridized carbons (Fsp3) is 1.00. The molecule has 1 heterocycles. The standard InChI is InChI=1S/C17H33NO/c1-5-18-16-11-13(2)8-9-15(16)17(3,4)12-14-7-6-10-19-14/h13-16,18H,5-12H2,1-4H3. The van der Waals surface area contributed by atoms with Crippen molar-refractivity contribution in [3.63, 3.8) is 0 Å². The van der Waals surface area contributed by atoms with Gasteiger partial charge in [0.25, 0.3) is 0 Å². The van der Waals surface area contributed by atoms with Crippen molar-refractivity contribution in [3.8, 4) is 0 Å². The van der Waals surface area contributed by atoms with E-state index in [2.05, 4.69) is 33.0 Å². The molecule has 2 rings (SSSR count). The van der Waals surface area contributed by atoms with Gasteiger partial charge in [-0.3, -0.25) is 0 Å². The molecule has 0 aromatic heterocycles. The van der Waals surface area contributed by atoms with E-state index in [1.165, 1.54) is 38.5 Å². The topological polar surface area (TPSA) is 21.3 Å². The van der Waals surface area contributed by atoms with Crippen LogP contribution >= 0.6 is 0 Å². The van der Waals surface area contributed by atoms with E-state index < -0.39 is 0 Å². The van der Waals surface area contributed by atoms with Crippen molar-refractivity contribution in [2.24, 2.45) is 17.3 Å². The Morgan fingerprint density at radius 1 is 1.21 bits per heavy atom. The minimum absolute atomic E-state index is 0.405. The monoisotopic (exact) mass is 267 g/mol. The lowest BCUT2D eigenvalue weighted by Gasteiger charge is -2.45. The highest BCUT2D eigenvalue weighted by Crippen LogP contribution is 2.44. The van der Waals surface area contributed by atoms with Crippen molar-refractivity contribution in [3.05, 3.63) is 0 Å². The molecule has 2 aliphatic rings. The predicted molar refractivity (Wildman–Crippen MR) is 81.3 cm³/mol. The third-order valence-electron chi connectivity index (χ3n) is 5.36. The highest BCUT2D eigenvalue weighted by Gasteiger charge is 2.40. The summed E-state index contributed by atoms with van der Waals surface area (Å²) in [5.41, 5.74) is 0.405. The van der Waals surface area contributed by atoms with Crippen molar-refractivity contribution in [1.82, 2.24) is 5.32 Å². The number of nitrogens with one attached hydrogen (secondary N) is 1. The van der Waals surface area contributed by atoms with Gasteiger partial charge in [-0.25, -0.2) is 0 Å². The summed E-state index contributed by atoms with van der Waals surface area (Å²) in [5.74, 6) is 1.70. The van der Waals surface area contributed by atoms with Crippen molar-refractivity contribution in [2.75, 3.05) is 13.2 Å². The van der Waals surface area contributed by atoms with Gasteiger partial charge in [-0.1, -0.05) is 34.1 Å². The summed E-state index contributed by atoms with van der Waals surface area (Å²) in [5, 5.41) is 3.76. The highest BCUT2D eigenvalue weighted by atomic mass is 16.5. The highest BCUT2D eigenvalue weighted by molar-refractivity contribution is 4.93. The van der Waals surface area contributed by atoms with Crippen LogP contribution in [0.2, 0.25) is 0 Å². The summed E-state index contributed by atoms with van der Waals surface area (Å²) < 4.78 is 5.88. The van der Waals surface area contributed by atoms with E-state index in [4.69, 9.17) is 4.74 Å². The lowest BCUT2D eigenvalue weighted by Crippen LogP contribution is -2.47. The van der Waals surface area contributed by atoms with E-state index in [1.807, 2.05) is 0 Å². The van der Waals surface area contributed by atoms with Crippen molar-refractivity contribution < 1.29 is 4.74 Å². The zero-order valence-corrected chi connectivity index (χ0v) is 13.4. The van der Waals surface area contributed by atoms with Gasteiger partial charge < -0.3 is 10.1 Å². The molecule has 4 unspecified atom stereocenters. The molecule has 19 heavy (non-hydrogen) atoms. The average Bonchev–Trinajstić information content (AvgIpc) is 2.81. The first kappa shape index (κ1) is 15.3. The summed E-state index contributed by atoms with van der Waals surface area (Å²) in [6.45, 7) is 11.7. The lowest BCUT2D eigenvalue weighted by molar-refractivity contribution is 0.0225. The molecule has 1 saturated heterocycles. The Morgan fingerprint density at radius 3 is 2.63 bits per heavy atom. The number of rotatable bonds is 5. The number of hydrogen-bond acceptors (Lipinski definition) is 2. The number of hydrogen-bond donors (Lipinski definition) is 1. The second kappa shape index (κ2) is 6.58. The molecule has 0 aromatic carbocycles. The Morgan fingerprint density at radius 2 is 2.00 bits per heavy atom. The molecule has 0 bridgehead atoms. The first-order valence-electron chi connectivity index (χ1n) is 8.38. The Labute approximate surface area is 119 Å².